The van der Waals surface area contributed by atoms with Crippen molar-refractivity contribution in [3.63, 3.8) is 0 Å². The van der Waals surface area contributed by atoms with Crippen LogP contribution < -0.4 is 10.1 Å². The molecule has 2 heterocycles. The van der Waals surface area contributed by atoms with E-state index in [0.717, 1.165) is 21.3 Å². The maximum absolute atomic E-state index is 15.0. The number of fused-ring (bicyclic) bond motifs is 1. The maximum Gasteiger partial charge on any atom is 0.404 e. The predicted octanol–water partition coefficient (Wildman–Crippen LogP) is 3.73. The first kappa shape index (κ1) is 23.8. The minimum atomic E-state index is -3.98. The molecule has 0 aliphatic carbocycles. The second-order valence-corrected chi connectivity index (χ2v) is 9.91. The van der Waals surface area contributed by atoms with Crippen molar-refractivity contribution in [2.45, 2.75) is 24.4 Å². The lowest BCUT2D eigenvalue weighted by atomic mass is 10.0. The van der Waals surface area contributed by atoms with Crippen LogP contribution in [0, 0.1) is 12.7 Å². The summed E-state index contributed by atoms with van der Waals surface area (Å²) in [5.41, 5.74) is 1.83. The van der Waals surface area contributed by atoms with Gasteiger partial charge in [0, 0.05) is 30.1 Å². The van der Waals surface area contributed by atoms with Crippen LogP contribution >= 0.6 is 0 Å². The number of aryl methyl sites for hydroxylation is 1. The molecule has 1 fully saturated rings. The Balaban J connectivity index is 1.61. The molecule has 2 N–H and O–H groups in total. The summed E-state index contributed by atoms with van der Waals surface area (Å²) < 4.78 is 60.5. The first-order valence-corrected chi connectivity index (χ1v) is 12.0. The number of alkyl halides is 1. The molecule has 0 spiro atoms. The zero-order chi connectivity index (χ0) is 24.5. The van der Waals surface area contributed by atoms with Gasteiger partial charge in [-0.05, 0) is 55.3 Å². The second-order valence-electron chi connectivity index (χ2n) is 7.97. The van der Waals surface area contributed by atoms with Crippen LogP contribution in [-0.4, -0.2) is 61.3 Å². The molecule has 34 heavy (non-hydrogen) atoms. The maximum atomic E-state index is 15.0. The third-order valence-electron chi connectivity index (χ3n) is 5.58. The number of sulfonamides is 1. The zero-order valence-electron chi connectivity index (χ0n) is 18.3. The molecule has 2 aromatic carbocycles. The van der Waals surface area contributed by atoms with Crippen LogP contribution in [-0.2, 0) is 10.0 Å². The number of halogens is 2. The van der Waals surface area contributed by atoms with Gasteiger partial charge in [0.2, 0.25) is 10.0 Å². The van der Waals surface area contributed by atoms with E-state index in [9.17, 15) is 17.6 Å². The van der Waals surface area contributed by atoms with Crippen molar-refractivity contribution < 1.29 is 31.8 Å². The first-order chi connectivity index (χ1) is 16.1. The number of ether oxygens (including phenoxy) is 1. The van der Waals surface area contributed by atoms with Crippen LogP contribution in [0.1, 0.15) is 12.0 Å². The highest BCUT2D eigenvalue weighted by Crippen LogP contribution is 2.31. The van der Waals surface area contributed by atoms with E-state index in [2.05, 4.69) is 10.3 Å². The molecule has 4 rings (SSSR count). The fourth-order valence-electron chi connectivity index (χ4n) is 3.86. The Labute approximate surface area is 195 Å². The van der Waals surface area contributed by atoms with E-state index in [4.69, 9.17) is 9.84 Å². The summed E-state index contributed by atoms with van der Waals surface area (Å²) in [6.07, 6.45) is -2.23. The minimum absolute atomic E-state index is 0.0646. The molecule has 0 radical (unpaired) electrons. The summed E-state index contributed by atoms with van der Waals surface area (Å²) in [5, 5.41) is 11.6. The number of hydrogen-bond donors (Lipinski definition) is 2. The molecular weight excluding hydrogens is 468 g/mol. The summed E-state index contributed by atoms with van der Waals surface area (Å²) in [5.74, 6) is -0.280. The van der Waals surface area contributed by atoms with E-state index >= 15 is 4.39 Å². The molecule has 1 atom stereocenters. The van der Waals surface area contributed by atoms with Gasteiger partial charge in [-0.2, -0.15) is 4.31 Å². The monoisotopic (exact) mass is 491 g/mol. The van der Waals surface area contributed by atoms with E-state index in [1.54, 1.807) is 18.2 Å². The summed E-state index contributed by atoms with van der Waals surface area (Å²) in [6.45, 7) is 1.93. The van der Waals surface area contributed by atoms with Gasteiger partial charge in [0.05, 0.1) is 22.7 Å². The molecule has 1 amide bonds. The number of nitrogens with zero attached hydrogens (tertiary/aromatic N) is 2. The average Bonchev–Trinajstić information content (AvgIpc) is 3.23. The fraction of sp³-hybridized carbons (Fsp3) is 0.304. The van der Waals surface area contributed by atoms with Gasteiger partial charge in [-0.25, -0.2) is 27.0 Å². The van der Waals surface area contributed by atoms with Gasteiger partial charge in [0.1, 0.15) is 24.3 Å². The number of rotatable bonds is 7. The Kier molecular flexibility index (Phi) is 6.67. The highest BCUT2D eigenvalue weighted by atomic mass is 32.2. The molecule has 3 aromatic rings. The lowest BCUT2D eigenvalue weighted by Crippen LogP contribution is -2.29. The van der Waals surface area contributed by atoms with E-state index in [-0.39, 0.29) is 43.1 Å². The smallest absolute Gasteiger partial charge is 0.404 e. The molecule has 1 aliphatic heterocycles. The molecule has 0 bridgehead atoms. The Morgan fingerprint density at radius 2 is 2.06 bits per heavy atom. The van der Waals surface area contributed by atoms with Gasteiger partial charge >= 0.3 is 6.09 Å². The molecule has 0 unspecified atom stereocenters. The SMILES string of the molecule is Cc1cc(-c2ccc(S(=O)(=O)N3CC[C@H](F)C3)cc2F)nc2cc(OCCNC(=O)O)ccc12. The largest absolute Gasteiger partial charge is 0.492 e. The molecule has 1 saturated heterocycles. The van der Waals surface area contributed by atoms with Crippen molar-refractivity contribution in [3.8, 4) is 17.0 Å². The lowest BCUT2D eigenvalue weighted by molar-refractivity contribution is 0.191. The number of pyridine rings is 1. The summed E-state index contributed by atoms with van der Waals surface area (Å²) in [4.78, 5) is 14.8. The van der Waals surface area contributed by atoms with Gasteiger partial charge in [-0.15, -0.1) is 0 Å². The number of benzene rings is 2. The first-order valence-electron chi connectivity index (χ1n) is 10.6. The standard InChI is InChI=1S/C23H23F2N3O5S/c1-14-10-21(27-22-11-16(2-4-18(14)22)33-9-7-26-23(29)30)19-5-3-17(12-20(19)25)34(31,32)28-8-6-15(24)13-28/h2-5,10-12,15,26H,6-9,13H2,1H3,(H,29,30)/t15-/m0/s1. The summed E-state index contributed by atoms with van der Waals surface area (Å²) in [6, 6.07) is 10.5. The zero-order valence-corrected chi connectivity index (χ0v) is 19.1. The molecule has 1 aliphatic rings. The Morgan fingerprint density at radius 3 is 2.74 bits per heavy atom. The van der Waals surface area contributed by atoms with E-state index in [1.807, 2.05) is 13.0 Å². The Bertz CT molecular complexity index is 1350. The van der Waals surface area contributed by atoms with Gasteiger partial charge in [0.25, 0.3) is 0 Å². The second kappa shape index (κ2) is 9.51. The highest BCUT2D eigenvalue weighted by Gasteiger charge is 2.33. The highest BCUT2D eigenvalue weighted by molar-refractivity contribution is 7.89. The van der Waals surface area contributed by atoms with Crippen LogP contribution in [0.25, 0.3) is 22.2 Å². The molecule has 180 valence electrons. The minimum Gasteiger partial charge on any atom is -0.492 e. The van der Waals surface area contributed by atoms with Crippen LogP contribution in [0.2, 0.25) is 0 Å². The van der Waals surface area contributed by atoms with Gasteiger partial charge < -0.3 is 15.2 Å². The number of aromatic nitrogens is 1. The van der Waals surface area contributed by atoms with Crippen LogP contribution in [0.4, 0.5) is 13.6 Å². The number of nitrogens with one attached hydrogen (secondary N) is 1. The molecule has 11 heteroatoms. The number of carboxylic acid groups (broad SMARTS) is 1. The fourth-order valence-corrected chi connectivity index (χ4v) is 5.35. The third kappa shape index (κ3) is 4.95. The molecule has 1 aromatic heterocycles. The van der Waals surface area contributed by atoms with E-state index < -0.39 is 28.1 Å². The van der Waals surface area contributed by atoms with Crippen molar-refractivity contribution in [3.05, 3.63) is 53.8 Å². The van der Waals surface area contributed by atoms with Crippen LogP contribution in [0.3, 0.4) is 0 Å². The average molecular weight is 492 g/mol. The van der Waals surface area contributed by atoms with Crippen LogP contribution in [0.5, 0.6) is 5.75 Å². The van der Waals surface area contributed by atoms with Crippen molar-refractivity contribution in [2.75, 3.05) is 26.2 Å². The molecule has 0 saturated carbocycles. The van der Waals surface area contributed by atoms with Crippen LogP contribution in [0.15, 0.2) is 47.4 Å². The lowest BCUT2D eigenvalue weighted by Gasteiger charge is -2.16. The van der Waals surface area contributed by atoms with Crippen molar-refractivity contribution in [1.82, 2.24) is 14.6 Å². The normalized spacial score (nSPS) is 16.6. The van der Waals surface area contributed by atoms with Crippen molar-refractivity contribution in [1.29, 1.82) is 0 Å². The summed E-state index contributed by atoms with van der Waals surface area (Å²) >= 11 is 0. The van der Waals surface area contributed by atoms with Gasteiger partial charge in [-0.3, -0.25) is 0 Å². The third-order valence-corrected chi connectivity index (χ3v) is 7.44. The quantitative estimate of drug-likeness (QED) is 0.488. The van der Waals surface area contributed by atoms with E-state index in [1.165, 1.54) is 12.1 Å². The van der Waals surface area contributed by atoms with Crippen molar-refractivity contribution in [2.24, 2.45) is 0 Å². The van der Waals surface area contributed by atoms with E-state index in [0.29, 0.717) is 17.0 Å². The Hall–Kier alpha value is -3.31. The number of carbonyl (C=O) groups is 1. The topological polar surface area (TPSA) is 109 Å². The van der Waals surface area contributed by atoms with Gasteiger partial charge in [0.15, 0.2) is 0 Å². The predicted molar refractivity (Wildman–Crippen MR) is 122 cm³/mol. The molecule has 8 nitrogen and oxygen atoms in total. The summed E-state index contributed by atoms with van der Waals surface area (Å²) in [7, 11) is -3.98. The van der Waals surface area contributed by atoms with Crippen molar-refractivity contribution >= 4 is 27.0 Å². The number of amides is 1. The van der Waals surface area contributed by atoms with Gasteiger partial charge in [-0.1, -0.05) is 0 Å². The molecular formula is C23H23F2N3O5S. The number of hydrogen-bond acceptors (Lipinski definition) is 5. The Morgan fingerprint density at radius 1 is 1.26 bits per heavy atom.